The summed E-state index contributed by atoms with van der Waals surface area (Å²) in [5, 5.41) is 10.6. The Morgan fingerprint density at radius 3 is 2.69 bits per heavy atom. The predicted octanol–water partition coefficient (Wildman–Crippen LogP) is 5.23. The SMILES string of the molecule is COc1cc(/C=C2\CCCn3c2nc(O)c3-c2ccc(F)cc2)ccc1-n1cnc(C)c1. The molecule has 0 spiro atoms. The van der Waals surface area contributed by atoms with Crippen LogP contribution in [0.2, 0.25) is 0 Å². The molecule has 1 aliphatic rings. The van der Waals surface area contributed by atoms with Gasteiger partial charge in [-0.25, -0.2) is 9.37 Å². The van der Waals surface area contributed by atoms with Gasteiger partial charge in [0.1, 0.15) is 23.1 Å². The number of ether oxygens (including phenoxy) is 1. The third-order valence-corrected chi connectivity index (χ3v) is 5.72. The van der Waals surface area contributed by atoms with E-state index >= 15 is 0 Å². The summed E-state index contributed by atoms with van der Waals surface area (Å²) in [6, 6.07) is 12.1. The van der Waals surface area contributed by atoms with Crippen molar-refractivity contribution in [2.75, 3.05) is 7.11 Å². The minimum Gasteiger partial charge on any atom is -0.495 e. The number of methoxy groups -OCH3 is 1. The van der Waals surface area contributed by atoms with E-state index in [0.29, 0.717) is 5.69 Å². The van der Waals surface area contributed by atoms with Crippen LogP contribution in [0.5, 0.6) is 11.6 Å². The number of allylic oxidation sites excluding steroid dienone is 1. The topological polar surface area (TPSA) is 65.1 Å². The Hall–Kier alpha value is -3.87. The molecular weight excluding hydrogens is 407 g/mol. The molecule has 5 rings (SSSR count). The number of imidazole rings is 2. The second kappa shape index (κ2) is 8.00. The largest absolute Gasteiger partial charge is 0.495 e. The van der Waals surface area contributed by atoms with Crippen LogP contribution in [-0.2, 0) is 6.54 Å². The molecule has 162 valence electrons. The van der Waals surface area contributed by atoms with Crippen LogP contribution in [0.3, 0.4) is 0 Å². The van der Waals surface area contributed by atoms with Crippen molar-refractivity contribution in [3.8, 4) is 28.6 Å². The van der Waals surface area contributed by atoms with Gasteiger partial charge in [0.15, 0.2) is 0 Å². The number of hydrogen-bond acceptors (Lipinski definition) is 4. The molecule has 2 aromatic carbocycles. The van der Waals surface area contributed by atoms with Crippen LogP contribution in [0.1, 0.15) is 29.9 Å². The fourth-order valence-corrected chi connectivity index (χ4v) is 4.22. The highest BCUT2D eigenvalue weighted by atomic mass is 19.1. The van der Waals surface area contributed by atoms with Crippen LogP contribution in [0.15, 0.2) is 55.0 Å². The Morgan fingerprint density at radius 1 is 1.16 bits per heavy atom. The molecule has 4 aromatic rings. The summed E-state index contributed by atoms with van der Waals surface area (Å²) >= 11 is 0. The van der Waals surface area contributed by atoms with Crippen LogP contribution in [0.25, 0.3) is 28.6 Å². The standard InChI is InChI=1S/C25H23FN4O2/c1-16-14-29(15-27-16)21-10-5-17(13-22(21)32-2)12-19-4-3-11-30-23(25(31)28-24(19)30)18-6-8-20(26)9-7-18/h5-10,12-15,31H,3-4,11H2,1-2H3/b19-12+. The van der Waals surface area contributed by atoms with E-state index in [0.717, 1.165) is 59.0 Å². The maximum Gasteiger partial charge on any atom is 0.238 e. The van der Waals surface area contributed by atoms with E-state index in [1.165, 1.54) is 12.1 Å². The molecule has 0 saturated heterocycles. The van der Waals surface area contributed by atoms with Gasteiger partial charge in [0.05, 0.1) is 24.8 Å². The van der Waals surface area contributed by atoms with Crippen molar-refractivity contribution in [3.63, 3.8) is 0 Å². The first-order chi connectivity index (χ1) is 15.5. The molecule has 7 heteroatoms. The summed E-state index contributed by atoms with van der Waals surface area (Å²) < 4.78 is 22.9. The maximum absolute atomic E-state index is 13.4. The van der Waals surface area contributed by atoms with E-state index in [-0.39, 0.29) is 11.7 Å². The Balaban J connectivity index is 1.54. The average Bonchev–Trinajstić information content (AvgIpc) is 3.37. The smallest absolute Gasteiger partial charge is 0.238 e. The maximum atomic E-state index is 13.4. The number of halogens is 1. The molecule has 1 aliphatic heterocycles. The molecular formula is C25H23FN4O2. The number of aromatic hydroxyl groups is 1. The normalized spacial score (nSPS) is 14.5. The van der Waals surface area contributed by atoms with Gasteiger partial charge in [0.2, 0.25) is 5.88 Å². The average molecular weight is 430 g/mol. The number of hydrogen-bond donors (Lipinski definition) is 1. The van der Waals surface area contributed by atoms with Crippen molar-refractivity contribution < 1.29 is 14.2 Å². The van der Waals surface area contributed by atoms with E-state index in [9.17, 15) is 9.50 Å². The van der Waals surface area contributed by atoms with Crippen LogP contribution >= 0.6 is 0 Å². The van der Waals surface area contributed by atoms with E-state index in [2.05, 4.69) is 16.0 Å². The number of benzene rings is 2. The summed E-state index contributed by atoms with van der Waals surface area (Å²) in [5.41, 5.74) is 5.23. The lowest BCUT2D eigenvalue weighted by atomic mass is 10.0. The molecule has 2 aromatic heterocycles. The monoisotopic (exact) mass is 430 g/mol. The number of nitrogens with zero attached hydrogens (tertiary/aromatic N) is 4. The van der Waals surface area contributed by atoms with Crippen LogP contribution in [-0.4, -0.2) is 31.3 Å². The lowest BCUT2D eigenvalue weighted by Gasteiger charge is -2.19. The highest BCUT2D eigenvalue weighted by Gasteiger charge is 2.24. The van der Waals surface area contributed by atoms with Gasteiger partial charge >= 0.3 is 0 Å². The molecule has 0 fully saturated rings. The second-order valence-electron chi connectivity index (χ2n) is 7.89. The van der Waals surface area contributed by atoms with E-state index < -0.39 is 0 Å². The summed E-state index contributed by atoms with van der Waals surface area (Å²) in [6.07, 6.45) is 7.57. The molecule has 6 nitrogen and oxygen atoms in total. The lowest BCUT2D eigenvalue weighted by molar-refractivity contribution is 0.413. The summed E-state index contributed by atoms with van der Waals surface area (Å²) in [4.78, 5) is 8.74. The Kier molecular flexibility index (Phi) is 5.01. The first kappa shape index (κ1) is 20.1. The summed E-state index contributed by atoms with van der Waals surface area (Å²) in [7, 11) is 1.65. The highest BCUT2D eigenvalue weighted by Crippen LogP contribution is 2.38. The van der Waals surface area contributed by atoms with Crippen molar-refractivity contribution in [1.29, 1.82) is 0 Å². The Bertz CT molecular complexity index is 1320. The summed E-state index contributed by atoms with van der Waals surface area (Å²) in [6.45, 7) is 2.69. The molecule has 1 N–H and O–H groups in total. The Labute approximate surface area is 185 Å². The van der Waals surface area contributed by atoms with Crippen molar-refractivity contribution in [2.24, 2.45) is 0 Å². The molecule has 3 heterocycles. The van der Waals surface area contributed by atoms with Crippen LogP contribution in [0, 0.1) is 12.7 Å². The predicted molar refractivity (Wildman–Crippen MR) is 121 cm³/mol. The third kappa shape index (κ3) is 3.56. The minimum absolute atomic E-state index is 0.0391. The van der Waals surface area contributed by atoms with E-state index in [1.807, 2.05) is 40.5 Å². The molecule has 0 bridgehead atoms. The zero-order chi connectivity index (χ0) is 22.2. The first-order valence-electron chi connectivity index (χ1n) is 10.5. The zero-order valence-electron chi connectivity index (χ0n) is 17.9. The van der Waals surface area contributed by atoms with Gasteiger partial charge in [-0.1, -0.05) is 6.07 Å². The van der Waals surface area contributed by atoms with Gasteiger partial charge in [0, 0.05) is 18.3 Å². The van der Waals surface area contributed by atoms with E-state index in [4.69, 9.17) is 4.74 Å². The van der Waals surface area contributed by atoms with Crippen molar-refractivity contribution in [1.82, 2.24) is 19.1 Å². The van der Waals surface area contributed by atoms with E-state index in [1.54, 1.807) is 25.6 Å². The van der Waals surface area contributed by atoms with Gasteiger partial charge in [-0.05, 0) is 73.4 Å². The molecule has 0 saturated carbocycles. The van der Waals surface area contributed by atoms with Gasteiger partial charge in [-0.2, -0.15) is 4.98 Å². The van der Waals surface area contributed by atoms with Gasteiger partial charge in [-0.15, -0.1) is 0 Å². The molecule has 0 unspecified atom stereocenters. The van der Waals surface area contributed by atoms with Crippen molar-refractivity contribution >= 4 is 11.6 Å². The van der Waals surface area contributed by atoms with Crippen LogP contribution in [0.4, 0.5) is 4.39 Å². The lowest BCUT2D eigenvalue weighted by Crippen LogP contribution is -2.11. The quantitative estimate of drug-likeness (QED) is 0.481. The fraction of sp³-hybridized carbons (Fsp3) is 0.200. The number of fused-ring (bicyclic) bond motifs is 1. The number of aryl methyl sites for hydroxylation is 1. The zero-order valence-corrected chi connectivity index (χ0v) is 17.9. The van der Waals surface area contributed by atoms with Gasteiger partial charge in [0.25, 0.3) is 0 Å². The van der Waals surface area contributed by atoms with Crippen molar-refractivity contribution in [3.05, 3.63) is 77.9 Å². The molecule has 0 atom stereocenters. The number of aromatic nitrogens is 4. The third-order valence-electron chi connectivity index (χ3n) is 5.72. The minimum atomic E-state index is -0.310. The molecule has 0 aliphatic carbocycles. The Morgan fingerprint density at radius 2 is 1.97 bits per heavy atom. The molecule has 32 heavy (non-hydrogen) atoms. The van der Waals surface area contributed by atoms with Crippen LogP contribution < -0.4 is 4.74 Å². The fourth-order valence-electron chi connectivity index (χ4n) is 4.22. The summed E-state index contributed by atoms with van der Waals surface area (Å²) in [5.74, 6) is 1.13. The molecule has 0 amide bonds. The number of rotatable bonds is 4. The van der Waals surface area contributed by atoms with Gasteiger partial charge in [-0.3, -0.25) is 0 Å². The molecule has 0 radical (unpaired) electrons. The highest BCUT2D eigenvalue weighted by molar-refractivity contribution is 5.82. The van der Waals surface area contributed by atoms with Gasteiger partial charge < -0.3 is 19.0 Å². The first-order valence-corrected chi connectivity index (χ1v) is 10.5. The second-order valence-corrected chi connectivity index (χ2v) is 7.89. The van der Waals surface area contributed by atoms with Crippen molar-refractivity contribution in [2.45, 2.75) is 26.3 Å².